The number of nitrogens with one attached hydrogen (secondary N) is 2. The number of aliphatic hydroxyl groups is 1. The lowest BCUT2D eigenvalue weighted by atomic mass is 10.1. The summed E-state index contributed by atoms with van der Waals surface area (Å²) in [4.78, 5) is 14.6. The van der Waals surface area contributed by atoms with Crippen molar-refractivity contribution < 1.29 is 9.90 Å². The SMILES string of the molecule is CC(O)CC(C)CNC(=O)Nc1ccccc1N1CCCCCC1. The van der Waals surface area contributed by atoms with Gasteiger partial charge in [0.25, 0.3) is 0 Å². The Morgan fingerprint density at radius 3 is 2.50 bits per heavy atom. The number of carbonyl (C=O) groups excluding carboxylic acids is 1. The molecule has 5 heteroatoms. The number of aliphatic hydroxyl groups excluding tert-OH is 1. The molecule has 0 bridgehead atoms. The van der Waals surface area contributed by atoms with E-state index in [2.05, 4.69) is 21.6 Å². The first-order valence-corrected chi connectivity index (χ1v) is 9.13. The maximum atomic E-state index is 12.2. The molecule has 2 amide bonds. The van der Waals surface area contributed by atoms with E-state index in [1.807, 2.05) is 25.1 Å². The summed E-state index contributed by atoms with van der Waals surface area (Å²) in [6.07, 6.45) is 5.33. The molecule has 24 heavy (non-hydrogen) atoms. The molecule has 0 saturated carbocycles. The highest BCUT2D eigenvalue weighted by Crippen LogP contribution is 2.27. The van der Waals surface area contributed by atoms with Gasteiger partial charge in [-0.05, 0) is 44.2 Å². The second-order valence-corrected chi connectivity index (χ2v) is 6.94. The van der Waals surface area contributed by atoms with E-state index >= 15 is 0 Å². The number of hydrogen-bond donors (Lipinski definition) is 3. The van der Waals surface area contributed by atoms with E-state index in [9.17, 15) is 9.90 Å². The van der Waals surface area contributed by atoms with E-state index in [-0.39, 0.29) is 18.1 Å². The predicted octanol–water partition coefficient (Wildman–Crippen LogP) is 3.60. The minimum absolute atomic E-state index is 0.185. The van der Waals surface area contributed by atoms with Crippen molar-refractivity contribution in [2.24, 2.45) is 5.92 Å². The van der Waals surface area contributed by atoms with Crippen molar-refractivity contribution in [1.29, 1.82) is 0 Å². The van der Waals surface area contributed by atoms with Gasteiger partial charge < -0.3 is 20.6 Å². The zero-order chi connectivity index (χ0) is 17.4. The Bertz CT molecular complexity index is 511. The van der Waals surface area contributed by atoms with Crippen LogP contribution < -0.4 is 15.5 Å². The Kier molecular flexibility index (Phi) is 7.37. The highest BCUT2D eigenvalue weighted by atomic mass is 16.3. The lowest BCUT2D eigenvalue weighted by molar-refractivity contribution is 0.163. The fraction of sp³-hybridized carbons (Fsp3) is 0.632. The second-order valence-electron chi connectivity index (χ2n) is 6.94. The van der Waals surface area contributed by atoms with Crippen LogP contribution in [0.1, 0.15) is 46.0 Å². The first-order chi connectivity index (χ1) is 11.6. The number of urea groups is 1. The fourth-order valence-corrected chi connectivity index (χ4v) is 3.27. The Balaban J connectivity index is 1.93. The predicted molar refractivity (Wildman–Crippen MR) is 99.6 cm³/mol. The van der Waals surface area contributed by atoms with Gasteiger partial charge in [0.1, 0.15) is 0 Å². The molecular formula is C19H31N3O2. The van der Waals surface area contributed by atoms with Gasteiger partial charge in [-0.25, -0.2) is 4.79 Å². The zero-order valence-electron chi connectivity index (χ0n) is 14.9. The van der Waals surface area contributed by atoms with Crippen LogP contribution in [0.25, 0.3) is 0 Å². The van der Waals surface area contributed by atoms with Crippen LogP contribution in [0.4, 0.5) is 16.2 Å². The molecule has 1 fully saturated rings. The van der Waals surface area contributed by atoms with Gasteiger partial charge in [-0.15, -0.1) is 0 Å². The smallest absolute Gasteiger partial charge is 0.319 e. The molecular weight excluding hydrogens is 302 g/mol. The second kappa shape index (κ2) is 9.52. The van der Waals surface area contributed by atoms with Crippen LogP contribution in [-0.2, 0) is 0 Å². The molecule has 3 N–H and O–H groups in total. The molecule has 0 radical (unpaired) electrons. The van der Waals surface area contributed by atoms with Gasteiger partial charge in [-0.2, -0.15) is 0 Å². The molecule has 1 saturated heterocycles. The summed E-state index contributed by atoms with van der Waals surface area (Å²) in [7, 11) is 0. The normalized spacial score (nSPS) is 17.7. The lowest BCUT2D eigenvalue weighted by Gasteiger charge is -2.25. The molecule has 0 aliphatic carbocycles. The van der Waals surface area contributed by atoms with Crippen LogP contribution in [0, 0.1) is 5.92 Å². The summed E-state index contributed by atoms with van der Waals surface area (Å²) >= 11 is 0. The molecule has 134 valence electrons. The molecule has 5 nitrogen and oxygen atoms in total. The van der Waals surface area contributed by atoms with Crippen LogP contribution in [0.5, 0.6) is 0 Å². The Labute approximate surface area is 145 Å². The lowest BCUT2D eigenvalue weighted by Crippen LogP contribution is -2.34. The Morgan fingerprint density at radius 2 is 1.83 bits per heavy atom. The number of para-hydroxylation sites is 2. The molecule has 2 atom stereocenters. The van der Waals surface area contributed by atoms with Crippen LogP contribution >= 0.6 is 0 Å². The van der Waals surface area contributed by atoms with Gasteiger partial charge in [0.05, 0.1) is 17.5 Å². The number of anilines is 2. The minimum atomic E-state index is -0.339. The standard InChI is InChI=1S/C19H31N3O2/c1-15(13-16(2)23)14-20-19(24)21-17-9-5-6-10-18(17)22-11-7-3-4-8-12-22/h5-6,9-10,15-16,23H,3-4,7-8,11-14H2,1-2H3,(H2,20,21,24). The van der Waals surface area contributed by atoms with E-state index in [0.29, 0.717) is 13.0 Å². The van der Waals surface area contributed by atoms with Gasteiger partial charge >= 0.3 is 6.03 Å². The first kappa shape index (κ1) is 18.6. The number of nitrogens with zero attached hydrogens (tertiary/aromatic N) is 1. The molecule has 1 aromatic carbocycles. The van der Waals surface area contributed by atoms with E-state index in [4.69, 9.17) is 0 Å². The molecule has 1 aliphatic heterocycles. The van der Waals surface area contributed by atoms with Crippen molar-refractivity contribution in [3.63, 3.8) is 0 Å². The van der Waals surface area contributed by atoms with Gasteiger partial charge in [0.2, 0.25) is 0 Å². The number of rotatable bonds is 6. The topological polar surface area (TPSA) is 64.6 Å². The molecule has 2 rings (SSSR count). The number of hydrogen-bond acceptors (Lipinski definition) is 3. The first-order valence-electron chi connectivity index (χ1n) is 9.13. The summed E-state index contributed by atoms with van der Waals surface area (Å²) in [6.45, 7) is 6.45. The number of carbonyl (C=O) groups is 1. The highest BCUT2D eigenvalue weighted by Gasteiger charge is 2.15. The van der Waals surface area contributed by atoms with E-state index in [1.165, 1.54) is 25.7 Å². The summed E-state index contributed by atoms with van der Waals surface area (Å²) in [6, 6.07) is 7.83. The maximum Gasteiger partial charge on any atom is 0.319 e. The quantitative estimate of drug-likeness (QED) is 0.745. The van der Waals surface area contributed by atoms with Gasteiger partial charge in [0.15, 0.2) is 0 Å². The average molecular weight is 333 g/mol. The van der Waals surface area contributed by atoms with Gasteiger partial charge in [-0.3, -0.25) is 0 Å². The van der Waals surface area contributed by atoms with E-state index in [0.717, 1.165) is 24.5 Å². The zero-order valence-corrected chi connectivity index (χ0v) is 14.9. The molecule has 1 heterocycles. The van der Waals surface area contributed by atoms with Crippen LogP contribution in [0.15, 0.2) is 24.3 Å². The minimum Gasteiger partial charge on any atom is -0.393 e. The van der Waals surface area contributed by atoms with Gasteiger partial charge in [-0.1, -0.05) is 31.9 Å². The van der Waals surface area contributed by atoms with Crippen molar-refractivity contribution >= 4 is 17.4 Å². The maximum absolute atomic E-state index is 12.2. The number of benzene rings is 1. The molecule has 1 aromatic rings. The summed E-state index contributed by atoms with van der Waals surface area (Å²) < 4.78 is 0. The van der Waals surface area contributed by atoms with Crippen molar-refractivity contribution in [2.75, 3.05) is 29.9 Å². The third kappa shape index (κ3) is 6.04. The summed E-state index contributed by atoms with van der Waals surface area (Å²) in [5.41, 5.74) is 1.96. The molecule has 1 aliphatic rings. The summed E-state index contributed by atoms with van der Waals surface area (Å²) in [5, 5.41) is 15.3. The molecule has 2 unspecified atom stereocenters. The van der Waals surface area contributed by atoms with Crippen molar-refractivity contribution in [1.82, 2.24) is 5.32 Å². The van der Waals surface area contributed by atoms with Crippen LogP contribution in [0.3, 0.4) is 0 Å². The Morgan fingerprint density at radius 1 is 1.17 bits per heavy atom. The van der Waals surface area contributed by atoms with Crippen LogP contribution in [0.2, 0.25) is 0 Å². The Hall–Kier alpha value is -1.75. The average Bonchev–Trinajstić information content (AvgIpc) is 2.82. The third-order valence-corrected chi connectivity index (χ3v) is 4.45. The van der Waals surface area contributed by atoms with Crippen molar-refractivity contribution in [2.45, 2.75) is 52.1 Å². The molecule has 0 aromatic heterocycles. The number of amides is 2. The van der Waals surface area contributed by atoms with E-state index < -0.39 is 0 Å². The third-order valence-electron chi connectivity index (χ3n) is 4.45. The van der Waals surface area contributed by atoms with Crippen molar-refractivity contribution in [3.8, 4) is 0 Å². The van der Waals surface area contributed by atoms with Gasteiger partial charge in [0, 0.05) is 19.6 Å². The monoisotopic (exact) mass is 333 g/mol. The largest absolute Gasteiger partial charge is 0.393 e. The van der Waals surface area contributed by atoms with Crippen molar-refractivity contribution in [3.05, 3.63) is 24.3 Å². The highest BCUT2D eigenvalue weighted by molar-refractivity contribution is 5.93. The fourth-order valence-electron chi connectivity index (χ4n) is 3.27. The summed E-state index contributed by atoms with van der Waals surface area (Å²) in [5.74, 6) is 0.247. The molecule has 0 spiro atoms. The van der Waals surface area contributed by atoms with E-state index in [1.54, 1.807) is 6.92 Å². The van der Waals surface area contributed by atoms with Crippen LogP contribution in [-0.4, -0.2) is 36.9 Å².